The van der Waals surface area contributed by atoms with Crippen LogP contribution in [0.4, 0.5) is 5.69 Å². The second kappa shape index (κ2) is 9.57. The zero-order valence-corrected chi connectivity index (χ0v) is 19.4. The largest absolute Gasteiger partial charge is 0.325 e. The highest BCUT2D eigenvalue weighted by atomic mass is 79.9. The quantitative estimate of drug-likeness (QED) is 0.499. The third-order valence-corrected chi connectivity index (χ3v) is 5.80. The van der Waals surface area contributed by atoms with E-state index in [0.29, 0.717) is 23.0 Å². The second-order valence-corrected chi connectivity index (χ2v) is 9.75. The number of halogens is 1. The lowest BCUT2D eigenvalue weighted by Gasteiger charge is -2.19. The summed E-state index contributed by atoms with van der Waals surface area (Å²) in [4.78, 5) is 27.1. The summed E-state index contributed by atoms with van der Waals surface area (Å²) in [7, 11) is 0. The molecule has 1 amide bonds. The number of H-pyrrole nitrogens is 1. The Kier molecular flexibility index (Phi) is 7.10. The van der Waals surface area contributed by atoms with Gasteiger partial charge >= 0.3 is 0 Å². The van der Waals surface area contributed by atoms with Crippen molar-refractivity contribution in [3.05, 3.63) is 80.2 Å². The highest BCUT2D eigenvalue weighted by Gasteiger charge is 2.14. The van der Waals surface area contributed by atoms with Crippen LogP contribution in [0.1, 0.15) is 37.6 Å². The van der Waals surface area contributed by atoms with Crippen LogP contribution in [0.2, 0.25) is 0 Å². The maximum absolute atomic E-state index is 12.4. The van der Waals surface area contributed by atoms with E-state index in [1.165, 1.54) is 5.56 Å². The third kappa shape index (κ3) is 6.27. The van der Waals surface area contributed by atoms with Gasteiger partial charge in [0.2, 0.25) is 5.91 Å². The average molecular weight is 487 g/mol. The standard InChI is InChI=1S/C22H23BrN4O2S/c1-22(2,3)15-6-4-14(5-7-15)12-18-20(29)25-21(27-26-18)30-13-19(28)24-17-10-8-16(23)9-11-17/h4-11H,12-13H2,1-3H3,(H,24,28)(H,25,27,29). The Morgan fingerprint density at radius 1 is 1.07 bits per heavy atom. The molecule has 3 aromatic rings. The van der Waals surface area contributed by atoms with Gasteiger partial charge in [0.25, 0.3) is 5.56 Å². The van der Waals surface area contributed by atoms with E-state index in [-0.39, 0.29) is 22.6 Å². The number of aromatic nitrogens is 3. The van der Waals surface area contributed by atoms with Gasteiger partial charge in [0.05, 0.1) is 5.75 Å². The van der Waals surface area contributed by atoms with Crippen LogP contribution in [0.25, 0.3) is 0 Å². The lowest BCUT2D eigenvalue weighted by atomic mass is 9.86. The molecule has 0 unspecified atom stereocenters. The maximum atomic E-state index is 12.4. The Hall–Kier alpha value is -2.45. The summed E-state index contributed by atoms with van der Waals surface area (Å²) < 4.78 is 0.938. The van der Waals surface area contributed by atoms with Crippen LogP contribution in [0.3, 0.4) is 0 Å². The monoisotopic (exact) mass is 486 g/mol. The summed E-state index contributed by atoms with van der Waals surface area (Å²) in [5, 5.41) is 11.2. The molecule has 0 radical (unpaired) electrons. The number of benzene rings is 2. The molecular weight excluding hydrogens is 464 g/mol. The van der Waals surface area contributed by atoms with Crippen LogP contribution in [0.15, 0.2) is 63.0 Å². The highest BCUT2D eigenvalue weighted by Crippen LogP contribution is 2.22. The van der Waals surface area contributed by atoms with Gasteiger partial charge < -0.3 is 5.32 Å². The fraction of sp³-hybridized carbons (Fsp3) is 0.273. The molecule has 0 aliphatic rings. The van der Waals surface area contributed by atoms with Crippen molar-refractivity contribution in [3.63, 3.8) is 0 Å². The third-order valence-electron chi connectivity index (χ3n) is 4.40. The predicted molar refractivity (Wildman–Crippen MR) is 124 cm³/mol. The first-order chi connectivity index (χ1) is 14.2. The van der Waals surface area contributed by atoms with Gasteiger partial charge in [-0.05, 0) is 40.8 Å². The minimum Gasteiger partial charge on any atom is -0.325 e. The first-order valence-electron chi connectivity index (χ1n) is 9.44. The van der Waals surface area contributed by atoms with Crippen molar-refractivity contribution in [3.8, 4) is 0 Å². The minimum absolute atomic E-state index is 0.0817. The van der Waals surface area contributed by atoms with E-state index >= 15 is 0 Å². The van der Waals surface area contributed by atoms with E-state index in [2.05, 4.69) is 69.3 Å². The number of thioether (sulfide) groups is 1. The molecular formula is C22H23BrN4O2S. The zero-order chi connectivity index (χ0) is 21.7. The van der Waals surface area contributed by atoms with Gasteiger partial charge in [-0.3, -0.25) is 14.6 Å². The Morgan fingerprint density at radius 2 is 1.73 bits per heavy atom. The number of rotatable bonds is 6. The number of hydrogen-bond acceptors (Lipinski definition) is 5. The fourth-order valence-electron chi connectivity index (χ4n) is 2.71. The van der Waals surface area contributed by atoms with Crippen molar-refractivity contribution in [2.24, 2.45) is 0 Å². The molecule has 0 saturated carbocycles. The SMILES string of the molecule is CC(C)(C)c1ccc(Cc2nnc(SCC(=O)Nc3ccc(Br)cc3)[nH]c2=O)cc1. The van der Waals surface area contributed by atoms with Crippen molar-refractivity contribution in [2.45, 2.75) is 37.8 Å². The fourth-order valence-corrected chi connectivity index (χ4v) is 3.57. The van der Waals surface area contributed by atoms with Crippen molar-refractivity contribution >= 4 is 39.3 Å². The molecule has 156 valence electrons. The molecule has 0 spiro atoms. The maximum Gasteiger partial charge on any atom is 0.273 e. The van der Waals surface area contributed by atoms with Gasteiger partial charge in [-0.2, -0.15) is 0 Å². The van der Waals surface area contributed by atoms with Gasteiger partial charge in [0.15, 0.2) is 5.16 Å². The summed E-state index contributed by atoms with van der Waals surface area (Å²) >= 11 is 4.49. The van der Waals surface area contributed by atoms with Gasteiger partial charge in [-0.1, -0.05) is 72.7 Å². The normalized spacial score (nSPS) is 11.3. The molecule has 1 aromatic heterocycles. The van der Waals surface area contributed by atoms with E-state index in [4.69, 9.17) is 0 Å². The molecule has 2 aromatic carbocycles. The number of anilines is 1. The lowest BCUT2D eigenvalue weighted by molar-refractivity contribution is -0.113. The summed E-state index contributed by atoms with van der Waals surface area (Å²) in [6.07, 6.45) is 0.405. The summed E-state index contributed by atoms with van der Waals surface area (Å²) in [6.45, 7) is 6.48. The highest BCUT2D eigenvalue weighted by molar-refractivity contribution is 9.10. The van der Waals surface area contributed by atoms with Gasteiger partial charge in [-0.25, -0.2) is 0 Å². The Morgan fingerprint density at radius 3 is 2.33 bits per heavy atom. The van der Waals surface area contributed by atoms with Crippen molar-refractivity contribution < 1.29 is 4.79 Å². The number of aromatic amines is 1. The van der Waals surface area contributed by atoms with Crippen molar-refractivity contribution in [1.82, 2.24) is 15.2 Å². The number of carbonyl (C=O) groups is 1. The Labute approximate surface area is 188 Å². The van der Waals surface area contributed by atoms with Crippen LogP contribution in [-0.2, 0) is 16.6 Å². The molecule has 0 aliphatic heterocycles. The average Bonchev–Trinajstić information content (AvgIpc) is 2.70. The minimum atomic E-state index is -0.291. The molecule has 0 saturated heterocycles. The Balaban J connectivity index is 1.57. The first-order valence-corrected chi connectivity index (χ1v) is 11.2. The van der Waals surface area contributed by atoms with E-state index in [1.54, 1.807) is 12.1 Å². The molecule has 3 rings (SSSR count). The van der Waals surface area contributed by atoms with Crippen LogP contribution in [0, 0.1) is 0 Å². The van der Waals surface area contributed by atoms with Crippen LogP contribution in [-0.4, -0.2) is 26.8 Å². The molecule has 0 bridgehead atoms. The lowest BCUT2D eigenvalue weighted by Crippen LogP contribution is -2.19. The first kappa shape index (κ1) is 22.2. The van der Waals surface area contributed by atoms with E-state index in [1.807, 2.05) is 24.3 Å². The van der Waals surface area contributed by atoms with Gasteiger partial charge in [0, 0.05) is 16.6 Å². The zero-order valence-electron chi connectivity index (χ0n) is 17.0. The Bertz CT molecular complexity index is 1070. The number of amides is 1. The molecule has 0 aliphatic carbocycles. The predicted octanol–water partition coefficient (Wildman–Crippen LogP) is 4.55. The number of carbonyl (C=O) groups excluding carboxylic acids is 1. The molecule has 8 heteroatoms. The van der Waals surface area contributed by atoms with Crippen molar-refractivity contribution in [2.75, 3.05) is 11.1 Å². The van der Waals surface area contributed by atoms with E-state index in [9.17, 15) is 9.59 Å². The van der Waals surface area contributed by atoms with Crippen LogP contribution < -0.4 is 10.9 Å². The molecule has 30 heavy (non-hydrogen) atoms. The summed E-state index contributed by atoms with van der Waals surface area (Å²) in [6, 6.07) is 15.5. The van der Waals surface area contributed by atoms with Gasteiger partial charge in [-0.15, -0.1) is 10.2 Å². The topological polar surface area (TPSA) is 87.7 Å². The smallest absolute Gasteiger partial charge is 0.273 e. The molecule has 2 N–H and O–H groups in total. The van der Waals surface area contributed by atoms with Crippen LogP contribution in [0.5, 0.6) is 0 Å². The molecule has 6 nitrogen and oxygen atoms in total. The van der Waals surface area contributed by atoms with Crippen molar-refractivity contribution in [1.29, 1.82) is 0 Å². The summed E-state index contributed by atoms with van der Waals surface area (Å²) in [5.74, 6) is -0.0677. The number of nitrogens with one attached hydrogen (secondary N) is 2. The second-order valence-electron chi connectivity index (χ2n) is 7.87. The number of hydrogen-bond donors (Lipinski definition) is 2. The van der Waals surface area contributed by atoms with E-state index < -0.39 is 0 Å². The van der Waals surface area contributed by atoms with Gasteiger partial charge in [0.1, 0.15) is 5.69 Å². The van der Waals surface area contributed by atoms with E-state index in [0.717, 1.165) is 21.8 Å². The molecule has 0 atom stereocenters. The number of nitrogens with zero attached hydrogens (tertiary/aromatic N) is 2. The van der Waals surface area contributed by atoms with Crippen LogP contribution >= 0.6 is 27.7 Å². The molecule has 0 fully saturated rings. The molecule has 1 heterocycles. The summed E-state index contributed by atoms with van der Waals surface area (Å²) in [5.41, 5.74) is 3.08.